The number of hydrogen-bond donors (Lipinski definition) is 0. The van der Waals surface area contributed by atoms with Gasteiger partial charge < -0.3 is 4.57 Å². The Morgan fingerprint density at radius 1 is 1.21 bits per heavy atom. The molecule has 0 spiro atoms. The molecule has 0 amide bonds. The monoisotopic (exact) mass is 272 g/mol. The van der Waals surface area contributed by atoms with E-state index in [1.165, 1.54) is 37.1 Å². The molecule has 19 heavy (non-hydrogen) atoms. The molecule has 0 N–H and O–H groups in total. The van der Waals surface area contributed by atoms with E-state index in [2.05, 4.69) is 25.8 Å². The lowest BCUT2D eigenvalue weighted by molar-refractivity contribution is 0.627. The molecule has 2 aliphatic rings. The summed E-state index contributed by atoms with van der Waals surface area (Å²) in [6, 6.07) is 4.76. The minimum Gasteiger partial charge on any atom is -0.303 e. The first-order valence-corrected chi connectivity index (χ1v) is 7.87. The van der Waals surface area contributed by atoms with Crippen molar-refractivity contribution in [1.29, 1.82) is 0 Å². The first-order chi connectivity index (χ1) is 9.42. The molecule has 98 valence electrons. The topological polar surface area (TPSA) is 43.6 Å². The molecule has 2 saturated carbocycles. The van der Waals surface area contributed by atoms with Crippen molar-refractivity contribution in [2.45, 2.75) is 48.6 Å². The number of thioether (sulfide) groups is 1. The molecule has 0 radical (unpaired) electrons. The summed E-state index contributed by atoms with van der Waals surface area (Å²) in [6.45, 7) is 0. The van der Waals surface area contributed by atoms with Gasteiger partial charge in [-0.05, 0) is 37.3 Å². The quantitative estimate of drug-likeness (QED) is 0.784. The highest BCUT2D eigenvalue weighted by Crippen LogP contribution is 2.46. The second kappa shape index (κ2) is 4.63. The van der Waals surface area contributed by atoms with Gasteiger partial charge in [-0.2, -0.15) is 0 Å². The van der Waals surface area contributed by atoms with Gasteiger partial charge in [0.25, 0.3) is 0 Å². The fourth-order valence-corrected chi connectivity index (χ4v) is 3.26. The Bertz CT molecular complexity index is 572. The molecule has 0 aliphatic heterocycles. The highest BCUT2D eigenvalue weighted by Gasteiger charge is 2.36. The molecule has 0 saturated heterocycles. The van der Waals surface area contributed by atoms with E-state index in [0.717, 1.165) is 10.9 Å². The highest BCUT2D eigenvalue weighted by molar-refractivity contribution is 7.98. The zero-order valence-electron chi connectivity index (χ0n) is 10.7. The van der Waals surface area contributed by atoms with Gasteiger partial charge in [0.1, 0.15) is 5.82 Å². The zero-order valence-corrected chi connectivity index (χ0v) is 11.5. The Balaban J connectivity index is 1.54. The molecule has 4 rings (SSSR count). The average Bonchev–Trinajstić information content (AvgIpc) is 3.36. The Morgan fingerprint density at radius 2 is 2.11 bits per heavy atom. The number of pyridine rings is 1. The third-order valence-corrected chi connectivity index (χ3v) is 4.65. The average molecular weight is 272 g/mol. The van der Waals surface area contributed by atoms with Crippen LogP contribution in [0.4, 0.5) is 0 Å². The molecule has 2 aliphatic carbocycles. The third kappa shape index (κ3) is 2.39. The van der Waals surface area contributed by atoms with Gasteiger partial charge in [-0.1, -0.05) is 17.8 Å². The third-order valence-electron chi connectivity index (χ3n) is 3.64. The maximum absolute atomic E-state index is 4.43. The van der Waals surface area contributed by atoms with Crippen molar-refractivity contribution in [2.24, 2.45) is 0 Å². The molecular formula is C14H16N4S. The van der Waals surface area contributed by atoms with Crippen molar-refractivity contribution in [3.63, 3.8) is 0 Å². The molecule has 5 heteroatoms. The van der Waals surface area contributed by atoms with E-state index < -0.39 is 0 Å². The van der Waals surface area contributed by atoms with Gasteiger partial charge in [0.2, 0.25) is 0 Å². The maximum Gasteiger partial charge on any atom is 0.191 e. The van der Waals surface area contributed by atoms with Gasteiger partial charge in [0, 0.05) is 30.1 Å². The van der Waals surface area contributed by atoms with Crippen LogP contribution in [-0.4, -0.2) is 19.7 Å². The second-order valence-corrected chi connectivity index (χ2v) is 6.31. The van der Waals surface area contributed by atoms with E-state index in [1.54, 1.807) is 11.8 Å². The summed E-state index contributed by atoms with van der Waals surface area (Å²) in [7, 11) is 0. The van der Waals surface area contributed by atoms with Crippen molar-refractivity contribution < 1.29 is 0 Å². The summed E-state index contributed by atoms with van der Waals surface area (Å²) < 4.78 is 2.40. The van der Waals surface area contributed by atoms with Crippen LogP contribution >= 0.6 is 11.8 Å². The molecule has 4 nitrogen and oxygen atoms in total. The van der Waals surface area contributed by atoms with Crippen LogP contribution < -0.4 is 0 Å². The molecule has 0 atom stereocenters. The van der Waals surface area contributed by atoms with E-state index in [1.807, 2.05) is 18.5 Å². The molecule has 0 bridgehead atoms. The first-order valence-electron chi connectivity index (χ1n) is 6.88. The van der Waals surface area contributed by atoms with Gasteiger partial charge in [-0.25, -0.2) is 0 Å². The first kappa shape index (κ1) is 11.5. The Kier molecular flexibility index (Phi) is 2.80. The summed E-state index contributed by atoms with van der Waals surface area (Å²) in [5.74, 6) is 2.83. The lowest BCUT2D eigenvalue weighted by atomic mass is 10.3. The van der Waals surface area contributed by atoms with Gasteiger partial charge in [-0.15, -0.1) is 10.2 Å². The lowest BCUT2D eigenvalue weighted by Gasteiger charge is -2.07. The standard InChI is InChI=1S/C14H16N4S/c1-2-10(8-15-7-1)9-19-14-17-16-13(11-3-4-11)18(14)12-5-6-12/h1-2,7-8,11-12H,3-6,9H2. The highest BCUT2D eigenvalue weighted by atomic mass is 32.2. The van der Waals surface area contributed by atoms with Crippen molar-refractivity contribution in [3.8, 4) is 0 Å². The van der Waals surface area contributed by atoms with Crippen LogP contribution in [0.3, 0.4) is 0 Å². The van der Waals surface area contributed by atoms with Gasteiger partial charge in [0.15, 0.2) is 5.16 Å². The van der Waals surface area contributed by atoms with Crippen molar-refractivity contribution in [1.82, 2.24) is 19.7 Å². The number of nitrogens with zero attached hydrogens (tertiary/aromatic N) is 4. The van der Waals surface area contributed by atoms with Gasteiger partial charge in [-0.3, -0.25) is 4.98 Å². The van der Waals surface area contributed by atoms with E-state index in [4.69, 9.17) is 0 Å². The smallest absolute Gasteiger partial charge is 0.191 e. The second-order valence-electron chi connectivity index (χ2n) is 5.37. The molecule has 2 heterocycles. The Labute approximate surface area is 116 Å². The fraction of sp³-hybridized carbons (Fsp3) is 0.500. The van der Waals surface area contributed by atoms with Crippen LogP contribution in [0, 0.1) is 0 Å². The Morgan fingerprint density at radius 3 is 2.79 bits per heavy atom. The van der Waals surface area contributed by atoms with E-state index >= 15 is 0 Å². The van der Waals surface area contributed by atoms with Crippen molar-refractivity contribution in [2.75, 3.05) is 0 Å². The van der Waals surface area contributed by atoms with Crippen molar-refractivity contribution in [3.05, 3.63) is 35.9 Å². The van der Waals surface area contributed by atoms with Crippen LogP contribution in [0.15, 0.2) is 29.7 Å². The summed E-state index contributed by atoms with van der Waals surface area (Å²) >= 11 is 1.78. The predicted octanol–water partition coefficient (Wildman–Crippen LogP) is 3.18. The van der Waals surface area contributed by atoms with E-state index in [-0.39, 0.29) is 0 Å². The molecule has 0 aromatic carbocycles. The number of aromatic nitrogens is 4. The summed E-state index contributed by atoms with van der Waals surface area (Å²) in [5.41, 5.74) is 1.24. The summed E-state index contributed by atoms with van der Waals surface area (Å²) in [6.07, 6.45) is 8.89. The number of hydrogen-bond acceptors (Lipinski definition) is 4. The fourth-order valence-electron chi connectivity index (χ4n) is 2.31. The Hall–Kier alpha value is -1.36. The van der Waals surface area contributed by atoms with Crippen LogP contribution in [0.2, 0.25) is 0 Å². The predicted molar refractivity (Wildman–Crippen MR) is 74.1 cm³/mol. The van der Waals surface area contributed by atoms with Crippen LogP contribution in [0.25, 0.3) is 0 Å². The van der Waals surface area contributed by atoms with E-state index in [9.17, 15) is 0 Å². The molecule has 2 aromatic rings. The van der Waals surface area contributed by atoms with Crippen LogP contribution in [0.1, 0.15) is 49.0 Å². The molecule has 0 unspecified atom stereocenters. The normalized spacial score (nSPS) is 18.7. The van der Waals surface area contributed by atoms with Gasteiger partial charge in [0.05, 0.1) is 0 Å². The minimum atomic E-state index is 0.669. The largest absolute Gasteiger partial charge is 0.303 e. The molecule has 2 aromatic heterocycles. The SMILES string of the molecule is c1cncc(CSc2nnc(C3CC3)n2C2CC2)c1. The summed E-state index contributed by atoms with van der Waals surface area (Å²) in [5, 5.41) is 9.93. The van der Waals surface area contributed by atoms with Crippen LogP contribution in [0.5, 0.6) is 0 Å². The molecular weight excluding hydrogens is 256 g/mol. The minimum absolute atomic E-state index is 0.669. The van der Waals surface area contributed by atoms with E-state index in [0.29, 0.717) is 12.0 Å². The number of rotatable bonds is 5. The molecule has 2 fully saturated rings. The zero-order chi connectivity index (χ0) is 12.7. The van der Waals surface area contributed by atoms with Crippen LogP contribution in [-0.2, 0) is 5.75 Å². The lowest BCUT2D eigenvalue weighted by Crippen LogP contribution is -2.01. The maximum atomic E-state index is 4.43. The van der Waals surface area contributed by atoms with Gasteiger partial charge >= 0.3 is 0 Å². The summed E-state index contributed by atoms with van der Waals surface area (Å²) in [4.78, 5) is 4.15. The van der Waals surface area contributed by atoms with Crippen molar-refractivity contribution >= 4 is 11.8 Å².